The molecular weight excluding hydrogens is 204 g/mol. The molecule has 0 radical (unpaired) electrons. The summed E-state index contributed by atoms with van der Waals surface area (Å²) in [7, 11) is -1.54. The first-order chi connectivity index (χ1) is 6.66. The molecule has 0 fully saturated rings. The minimum atomic E-state index is -1.54. The smallest absolute Gasteiger partial charge is 0.244 e. The van der Waals surface area contributed by atoms with Gasteiger partial charge in [-0.25, -0.2) is 0 Å². The summed E-state index contributed by atoms with van der Waals surface area (Å²) in [6, 6.07) is 1.08. The van der Waals surface area contributed by atoms with E-state index < -0.39 is 8.32 Å². The van der Waals surface area contributed by atoms with Gasteiger partial charge in [0.1, 0.15) is 0 Å². The normalized spacial score (nSPS) is 12.9. The Hall–Kier alpha value is -0.703. The highest BCUT2D eigenvalue weighted by molar-refractivity contribution is 6.71. The third-order valence-electron chi connectivity index (χ3n) is 1.93. The highest BCUT2D eigenvalue weighted by atomic mass is 28.4. The first-order valence-corrected chi connectivity index (χ1v) is 8.50. The van der Waals surface area contributed by atoms with Gasteiger partial charge in [-0.2, -0.15) is 0 Å². The van der Waals surface area contributed by atoms with Crippen molar-refractivity contribution in [3.05, 3.63) is 24.7 Å². The van der Waals surface area contributed by atoms with Crippen molar-refractivity contribution in [1.29, 1.82) is 0 Å². The van der Waals surface area contributed by atoms with Gasteiger partial charge >= 0.3 is 0 Å². The lowest BCUT2D eigenvalue weighted by atomic mass is 10.2. The molecule has 0 aliphatic carbocycles. The Labute approximate surface area is 95.1 Å². The van der Waals surface area contributed by atoms with Crippen molar-refractivity contribution >= 4 is 8.32 Å². The fourth-order valence-electron chi connectivity index (χ4n) is 0.775. The monoisotopic (exact) mass is 228 g/mol. The van der Waals surface area contributed by atoms with Crippen molar-refractivity contribution in [1.82, 2.24) is 0 Å². The van der Waals surface area contributed by atoms with Gasteiger partial charge in [0, 0.05) is 6.08 Å². The molecule has 0 aromatic rings. The first kappa shape index (κ1) is 14.3. The molecule has 88 valence electrons. The van der Waals surface area contributed by atoms with Gasteiger partial charge in [-0.15, -0.1) is 0 Å². The summed E-state index contributed by atoms with van der Waals surface area (Å²) in [6.45, 7) is 16.4. The van der Waals surface area contributed by atoms with E-state index in [9.17, 15) is 0 Å². The van der Waals surface area contributed by atoms with E-state index in [2.05, 4.69) is 26.6 Å². The minimum absolute atomic E-state index is 0.158. The Morgan fingerprint density at radius 2 is 1.87 bits per heavy atom. The third kappa shape index (κ3) is 8.30. The van der Waals surface area contributed by atoms with E-state index in [1.54, 1.807) is 12.3 Å². The van der Waals surface area contributed by atoms with Crippen molar-refractivity contribution < 1.29 is 9.16 Å². The van der Waals surface area contributed by atoms with Gasteiger partial charge < -0.3 is 9.16 Å². The van der Waals surface area contributed by atoms with E-state index in [1.165, 1.54) is 0 Å². The molecule has 0 N–H and O–H groups in total. The molecule has 0 aromatic carbocycles. The second kappa shape index (κ2) is 5.40. The molecule has 0 saturated heterocycles. The van der Waals surface area contributed by atoms with Gasteiger partial charge in [0.15, 0.2) is 0 Å². The van der Waals surface area contributed by atoms with Gasteiger partial charge in [0.2, 0.25) is 8.32 Å². The maximum Gasteiger partial charge on any atom is 0.244 e. The zero-order valence-electron chi connectivity index (χ0n) is 10.9. The van der Waals surface area contributed by atoms with Gasteiger partial charge in [0.25, 0.3) is 0 Å². The van der Waals surface area contributed by atoms with Crippen LogP contribution in [-0.4, -0.2) is 13.9 Å². The van der Waals surface area contributed by atoms with Crippen molar-refractivity contribution in [3.63, 3.8) is 0 Å². The topological polar surface area (TPSA) is 18.5 Å². The van der Waals surface area contributed by atoms with Gasteiger partial charge in [-0.1, -0.05) is 13.5 Å². The summed E-state index contributed by atoms with van der Waals surface area (Å²) < 4.78 is 11.2. The van der Waals surface area contributed by atoms with Crippen LogP contribution in [0.15, 0.2) is 24.7 Å². The lowest BCUT2D eigenvalue weighted by Crippen LogP contribution is -2.28. The summed E-state index contributed by atoms with van der Waals surface area (Å²) in [5.74, 6) is 0.692. The maximum absolute atomic E-state index is 5.78. The molecule has 0 amide bonds. The molecule has 15 heavy (non-hydrogen) atoms. The van der Waals surface area contributed by atoms with Crippen LogP contribution in [0, 0.1) is 0 Å². The number of hydrogen-bond donors (Lipinski definition) is 0. The van der Waals surface area contributed by atoms with E-state index in [0.29, 0.717) is 5.76 Å². The number of allylic oxidation sites excluding steroid dienone is 1. The van der Waals surface area contributed by atoms with Crippen LogP contribution in [0.3, 0.4) is 0 Å². The van der Waals surface area contributed by atoms with Crippen LogP contribution in [0.25, 0.3) is 0 Å². The van der Waals surface area contributed by atoms with Crippen LogP contribution in [0.5, 0.6) is 0 Å². The maximum atomic E-state index is 5.78. The Morgan fingerprint density at radius 3 is 2.27 bits per heavy atom. The summed E-state index contributed by atoms with van der Waals surface area (Å²) in [4.78, 5) is 0. The number of rotatable bonds is 5. The second-order valence-corrected chi connectivity index (χ2v) is 9.65. The average molecular weight is 228 g/mol. The fourth-order valence-corrected chi connectivity index (χ4v) is 1.70. The predicted octanol–water partition coefficient (Wildman–Crippen LogP) is 4.07. The fraction of sp³-hybridized carbons (Fsp3) is 0.667. The summed E-state index contributed by atoms with van der Waals surface area (Å²) in [5, 5.41) is 0. The van der Waals surface area contributed by atoms with Crippen LogP contribution in [0.2, 0.25) is 19.1 Å². The van der Waals surface area contributed by atoms with E-state index in [4.69, 9.17) is 9.16 Å². The Kier molecular flexibility index (Phi) is 5.15. The summed E-state index contributed by atoms with van der Waals surface area (Å²) >= 11 is 0. The summed E-state index contributed by atoms with van der Waals surface area (Å²) in [5.41, 5.74) is -0.158. The molecule has 0 spiro atoms. The van der Waals surface area contributed by atoms with Crippen LogP contribution in [-0.2, 0) is 9.16 Å². The van der Waals surface area contributed by atoms with Crippen LogP contribution >= 0.6 is 0 Å². The number of hydrogen-bond acceptors (Lipinski definition) is 2. The molecular formula is C12H24O2Si. The molecule has 0 aromatic heterocycles. The zero-order valence-corrected chi connectivity index (χ0v) is 11.9. The van der Waals surface area contributed by atoms with E-state index in [-0.39, 0.29) is 5.60 Å². The Balaban J connectivity index is 4.05. The minimum Gasteiger partial charge on any atom is -0.544 e. The highest BCUT2D eigenvalue weighted by Crippen LogP contribution is 2.15. The Bertz CT molecular complexity index is 236. The standard InChI is InChI=1S/C12H24O2Si/c1-8-15(6,7)14-11(2)9-10-13-12(3,4)5/h9-10H,2,8H2,1,3-7H3/b10-9+. The van der Waals surface area contributed by atoms with E-state index >= 15 is 0 Å². The van der Waals surface area contributed by atoms with Crippen LogP contribution in [0.4, 0.5) is 0 Å². The lowest BCUT2D eigenvalue weighted by Gasteiger charge is -2.23. The first-order valence-electron chi connectivity index (χ1n) is 5.38. The van der Waals surface area contributed by atoms with Gasteiger partial charge in [-0.3, -0.25) is 0 Å². The Morgan fingerprint density at radius 1 is 1.33 bits per heavy atom. The molecule has 0 saturated carbocycles. The number of ether oxygens (including phenoxy) is 1. The van der Waals surface area contributed by atoms with Gasteiger partial charge in [-0.05, 0) is 39.9 Å². The molecule has 3 heteroatoms. The second-order valence-electron chi connectivity index (χ2n) is 5.21. The van der Waals surface area contributed by atoms with Crippen molar-refractivity contribution in [3.8, 4) is 0 Å². The molecule has 0 heterocycles. The quantitative estimate of drug-likeness (QED) is 0.401. The molecule has 0 aliphatic heterocycles. The van der Waals surface area contributed by atoms with Crippen LogP contribution < -0.4 is 0 Å². The van der Waals surface area contributed by atoms with Crippen molar-refractivity contribution in [2.45, 2.75) is 52.4 Å². The molecule has 0 rings (SSSR count). The van der Waals surface area contributed by atoms with Crippen LogP contribution in [0.1, 0.15) is 27.7 Å². The third-order valence-corrected chi connectivity index (χ3v) is 4.45. The molecule has 0 atom stereocenters. The van der Waals surface area contributed by atoms with Crippen molar-refractivity contribution in [2.75, 3.05) is 0 Å². The predicted molar refractivity (Wildman–Crippen MR) is 68.2 cm³/mol. The largest absolute Gasteiger partial charge is 0.544 e. The zero-order chi connectivity index (χ0) is 12.1. The molecule has 2 nitrogen and oxygen atoms in total. The lowest BCUT2D eigenvalue weighted by molar-refractivity contribution is 0.0763. The highest BCUT2D eigenvalue weighted by Gasteiger charge is 2.21. The van der Waals surface area contributed by atoms with E-state index in [0.717, 1.165) is 6.04 Å². The average Bonchev–Trinajstić information content (AvgIpc) is 2.00. The molecule has 0 unspecified atom stereocenters. The molecule has 0 aliphatic rings. The summed E-state index contributed by atoms with van der Waals surface area (Å²) in [6.07, 6.45) is 3.44. The van der Waals surface area contributed by atoms with E-state index in [1.807, 2.05) is 20.8 Å². The van der Waals surface area contributed by atoms with Crippen molar-refractivity contribution in [2.24, 2.45) is 0 Å². The SMILES string of the molecule is C=C(/C=C/OC(C)(C)C)O[Si](C)(C)CC. The molecule has 0 bridgehead atoms. The van der Waals surface area contributed by atoms with Gasteiger partial charge in [0.05, 0.1) is 17.6 Å².